The fourth-order valence-corrected chi connectivity index (χ4v) is 1.68. The van der Waals surface area contributed by atoms with Crippen molar-refractivity contribution in [2.75, 3.05) is 7.05 Å². The van der Waals surface area contributed by atoms with Gasteiger partial charge in [0.2, 0.25) is 0 Å². The van der Waals surface area contributed by atoms with Crippen molar-refractivity contribution in [2.24, 2.45) is 0 Å². The minimum atomic E-state index is -1.09. The Bertz CT molecular complexity index is 502. The topological polar surface area (TPSA) is 95.5 Å². The number of aromatic nitrogens is 2. The Morgan fingerprint density at radius 1 is 1.40 bits per heavy atom. The largest absolute Gasteiger partial charge is 0.477 e. The second kappa shape index (κ2) is 5.94. The number of H-pyrrole nitrogens is 1. The lowest BCUT2D eigenvalue weighted by atomic mass is 10.1. The summed E-state index contributed by atoms with van der Waals surface area (Å²) in [4.78, 5) is 24.4. The number of aryl methyl sites for hydroxylation is 1. The third-order valence-electron chi connectivity index (χ3n) is 2.60. The lowest BCUT2D eigenvalue weighted by molar-refractivity contribution is 0.0282. The zero-order valence-electron chi connectivity index (χ0n) is 12.5. The third-order valence-corrected chi connectivity index (χ3v) is 2.60. The highest BCUT2D eigenvalue weighted by molar-refractivity contribution is 5.87. The number of aromatic amines is 1. The van der Waals surface area contributed by atoms with E-state index < -0.39 is 17.7 Å². The van der Waals surface area contributed by atoms with Gasteiger partial charge in [-0.15, -0.1) is 0 Å². The Kier molecular flexibility index (Phi) is 4.75. The summed E-state index contributed by atoms with van der Waals surface area (Å²) in [5.74, 6) is -1.09. The number of hydrogen-bond acceptors (Lipinski definition) is 4. The molecule has 0 aromatic carbocycles. The molecule has 1 heterocycles. The minimum Gasteiger partial charge on any atom is -0.477 e. The summed E-state index contributed by atoms with van der Waals surface area (Å²) in [7, 11) is 1.56. The molecule has 7 nitrogen and oxygen atoms in total. The van der Waals surface area contributed by atoms with Gasteiger partial charge in [0, 0.05) is 12.6 Å². The molecule has 2 N–H and O–H groups in total. The van der Waals surface area contributed by atoms with E-state index in [9.17, 15) is 9.59 Å². The second-order valence-corrected chi connectivity index (χ2v) is 5.52. The number of nitrogens with zero attached hydrogens (tertiary/aromatic N) is 2. The van der Waals surface area contributed by atoms with Crippen molar-refractivity contribution < 1.29 is 19.4 Å². The van der Waals surface area contributed by atoms with Crippen molar-refractivity contribution in [3.05, 3.63) is 17.0 Å². The maximum Gasteiger partial charge on any atom is 0.410 e. The highest BCUT2D eigenvalue weighted by Gasteiger charge is 2.24. The van der Waals surface area contributed by atoms with Gasteiger partial charge in [-0.05, 0) is 27.2 Å². The van der Waals surface area contributed by atoms with Crippen LogP contribution >= 0.6 is 0 Å². The average Bonchev–Trinajstić information content (AvgIpc) is 2.69. The van der Waals surface area contributed by atoms with Gasteiger partial charge in [0.15, 0.2) is 0 Å². The Hall–Kier alpha value is -2.05. The van der Waals surface area contributed by atoms with E-state index in [1.807, 2.05) is 6.92 Å². The predicted octanol–water partition coefficient (Wildman–Crippen LogP) is 2.04. The zero-order chi connectivity index (χ0) is 15.5. The van der Waals surface area contributed by atoms with Crippen LogP contribution in [0.25, 0.3) is 0 Å². The monoisotopic (exact) mass is 283 g/mol. The van der Waals surface area contributed by atoms with Crippen molar-refractivity contribution >= 4 is 12.1 Å². The number of amides is 1. The van der Waals surface area contributed by atoms with Gasteiger partial charge in [-0.2, -0.15) is 5.10 Å². The van der Waals surface area contributed by atoms with Crippen molar-refractivity contribution in [3.63, 3.8) is 0 Å². The number of ether oxygens (including phenoxy) is 1. The Morgan fingerprint density at radius 2 is 2.00 bits per heavy atom. The summed E-state index contributed by atoms with van der Waals surface area (Å²) in [5.41, 5.74) is 0.564. The summed E-state index contributed by atoms with van der Waals surface area (Å²) >= 11 is 0. The van der Waals surface area contributed by atoms with E-state index >= 15 is 0 Å². The molecule has 0 unspecified atom stereocenters. The number of nitrogens with one attached hydrogen (secondary N) is 1. The summed E-state index contributed by atoms with van der Waals surface area (Å²) in [5, 5.41) is 15.6. The van der Waals surface area contributed by atoms with Gasteiger partial charge < -0.3 is 14.7 Å². The van der Waals surface area contributed by atoms with E-state index in [0.29, 0.717) is 17.7 Å². The van der Waals surface area contributed by atoms with Crippen LogP contribution in [-0.2, 0) is 17.7 Å². The predicted molar refractivity (Wildman–Crippen MR) is 72.6 cm³/mol. The minimum absolute atomic E-state index is 0.0114. The van der Waals surface area contributed by atoms with Gasteiger partial charge in [0.1, 0.15) is 11.3 Å². The molecule has 0 bridgehead atoms. The Balaban J connectivity index is 2.89. The van der Waals surface area contributed by atoms with E-state index in [1.54, 1.807) is 27.8 Å². The molecule has 0 saturated heterocycles. The molecular formula is C13H21N3O4. The van der Waals surface area contributed by atoms with Crippen LogP contribution in [0, 0.1) is 0 Å². The molecule has 0 aliphatic carbocycles. The first-order valence-corrected chi connectivity index (χ1v) is 6.39. The van der Waals surface area contributed by atoms with Gasteiger partial charge in [0.25, 0.3) is 0 Å². The van der Waals surface area contributed by atoms with E-state index in [0.717, 1.165) is 0 Å². The van der Waals surface area contributed by atoms with Crippen LogP contribution in [0.15, 0.2) is 0 Å². The van der Waals surface area contributed by atoms with E-state index in [-0.39, 0.29) is 12.2 Å². The number of aromatic carboxylic acids is 1. The highest BCUT2D eigenvalue weighted by Crippen LogP contribution is 2.16. The molecular weight excluding hydrogens is 262 g/mol. The molecule has 1 aromatic heterocycles. The molecule has 20 heavy (non-hydrogen) atoms. The fourth-order valence-electron chi connectivity index (χ4n) is 1.68. The molecule has 1 rings (SSSR count). The molecule has 0 radical (unpaired) electrons. The van der Waals surface area contributed by atoms with Crippen LogP contribution in [-0.4, -0.2) is 44.9 Å². The number of hydrogen-bond donors (Lipinski definition) is 2. The Labute approximate surface area is 117 Å². The smallest absolute Gasteiger partial charge is 0.410 e. The molecule has 0 aliphatic rings. The molecule has 1 amide bonds. The van der Waals surface area contributed by atoms with Crippen molar-refractivity contribution in [1.29, 1.82) is 0 Å². The lowest BCUT2D eigenvalue weighted by Crippen LogP contribution is -2.34. The van der Waals surface area contributed by atoms with Gasteiger partial charge in [-0.25, -0.2) is 9.59 Å². The van der Waals surface area contributed by atoms with Crippen molar-refractivity contribution in [3.8, 4) is 0 Å². The molecule has 112 valence electrons. The first kappa shape index (κ1) is 16.0. The van der Waals surface area contributed by atoms with Crippen molar-refractivity contribution in [1.82, 2.24) is 15.1 Å². The molecule has 0 atom stereocenters. The number of carboxylic acid groups (broad SMARTS) is 1. The standard InChI is InChI=1S/C13H21N3O4/c1-6-9-8(10(11(17)18)15-14-9)7-16(5)12(19)20-13(2,3)4/h6-7H2,1-5H3,(H,14,15)(H,17,18). The SMILES string of the molecule is CCc1n[nH]c(C(=O)O)c1CN(C)C(=O)OC(C)(C)C. The normalized spacial score (nSPS) is 11.2. The summed E-state index contributed by atoms with van der Waals surface area (Å²) in [6.07, 6.45) is 0.0819. The highest BCUT2D eigenvalue weighted by atomic mass is 16.6. The van der Waals surface area contributed by atoms with Crippen LogP contribution in [0.3, 0.4) is 0 Å². The molecule has 0 fully saturated rings. The molecule has 0 saturated carbocycles. The number of carbonyl (C=O) groups excluding carboxylic acids is 1. The molecule has 1 aromatic rings. The van der Waals surface area contributed by atoms with Gasteiger partial charge in [-0.1, -0.05) is 6.92 Å². The summed E-state index contributed by atoms with van der Waals surface area (Å²) < 4.78 is 5.23. The molecule has 0 aliphatic heterocycles. The van der Waals surface area contributed by atoms with Gasteiger partial charge >= 0.3 is 12.1 Å². The maximum absolute atomic E-state index is 11.9. The van der Waals surface area contributed by atoms with Gasteiger partial charge in [-0.3, -0.25) is 5.10 Å². The maximum atomic E-state index is 11.9. The molecule has 7 heteroatoms. The van der Waals surface area contributed by atoms with E-state index in [1.165, 1.54) is 4.90 Å². The van der Waals surface area contributed by atoms with Gasteiger partial charge in [0.05, 0.1) is 12.2 Å². The quantitative estimate of drug-likeness (QED) is 0.881. The zero-order valence-corrected chi connectivity index (χ0v) is 12.5. The van der Waals surface area contributed by atoms with Crippen LogP contribution in [0.2, 0.25) is 0 Å². The van der Waals surface area contributed by atoms with Crippen molar-refractivity contribution in [2.45, 2.75) is 46.3 Å². The van der Waals surface area contributed by atoms with Crippen LogP contribution in [0.4, 0.5) is 4.79 Å². The summed E-state index contributed by atoms with van der Waals surface area (Å²) in [6, 6.07) is 0. The van der Waals surface area contributed by atoms with E-state index in [2.05, 4.69) is 10.2 Å². The summed E-state index contributed by atoms with van der Waals surface area (Å²) in [6.45, 7) is 7.33. The fraction of sp³-hybridized carbons (Fsp3) is 0.615. The third kappa shape index (κ3) is 3.97. The first-order valence-electron chi connectivity index (χ1n) is 6.39. The molecule has 0 spiro atoms. The Morgan fingerprint density at radius 3 is 2.45 bits per heavy atom. The first-order chi connectivity index (χ1) is 9.15. The van der Waals surface area contributed by atoms with Crippen LogP contribution < -0.4 is 0 Å². The number of carboxylic acids is 1. The second-order valence-electron chi connectivity index (χ2n) is 5.52. The number of carbonyl (C=O) groups is 2. The van der Waals surface area contributed by atoms with E-state index in [4.69, 9.17) is 9.84 Å². The lowest BCUT2D eigenvalue weighted by Gasteiger charge is -2.24. The average molecular weight is 283 g/mol. The van der Waals surface area contributed by atoms with Crippen LogP contribution in [0.5, 0.6) is 0 Å². The number of rotatable bonds is 4. The van der Waals surface area contributed by atoms with Crippen LogP contribution in [0.1, 0.15) is 49.4 Å².